The maximum absolute atomic E-state index is 11.7. The van der Waals surface area contributed by atoms with Crippen LogP contribution in [0.5, 0.6) is 0 Å². The first-order chi connectivity index (χ1) is 9.19. The van der Waals surface area contributed by atoms with Crippen LogP contribution in [0.15, 0.2) is 40.0 Å². The molecule has 0 radical (unpaired) electrons. The standard InChI is InChI=1S/C14H14N2O2S/c1-16-13(14(17)18-2)11-5-3-4-10(12(11)15)9-6-7-19-8-9/h3-8H,15H2,1-2H3. The van der Waals surface area contributed by atoms with E-state index in [0.717, 1.165) is 11.1 Å². The molecular weight excluding hydrogens is 260 g/mol. The van der Waals surface area contributed by atoms with Crippen molar-refractivity contribution >= 4 is 28.7 Å². The Morgan fingerprint density at radius 1 is 1.37 bits per heavy atom. The van der Waals surface area contributed by atoms with Gasteiger partial charge >= 0.3 is 5.97 Å². The second-order valence-corrected chi connectivity index (χ2v) is 4.62. The molecule has 0 saturated carbocycles. The van der Waals surface area contributed by atoms with Crippen LogP contribution in [-0.4, -0.2) is 25.8 Å². The summed E-state index contributed by atoms with van der Waals surface area (Å²) in [5.74, 6) is -0.489. The maximum Gasteiger partial charge on any atom is 0.356 e. The summed E-state index contributed by atoms with van der Waals surface area (Å²) in [6, 6.07) is 7.53. The van der Waals surface area contributed by atoms with E-state index in [2.05, 4.69) is 4.99 Å². The minimum Gasteiger partial charge on any atom is -0.464 e. The van der Waals surface area contributed by atoms with E-state index in [4.69, 9.17) is 10.5 Å². The summed E-state index contributed by atoms with van der Waals surface area (Å²) in [5, 5.41) is 3.99. The number of rotatable bonds is 3. The SMILES string of the molecule is CN=C(C(=O)OC)c1cccc(-c2ccsc2)c1N. The number of esters is 1. The van der Waals surface area contributed by atoms with Crippen LogP contribution in [0, 0.1) is 0 Å². The molecule has 2 rings (SSSR count). The molecule has 1 aromatic heterocycles. The van der Waals surface area contributed by atoms with Crippen LogP contribution in [0.25, 0.3) is 11.1 Å². The van der Waals surface area contributed by atoms with Gasteiger partial charge in [0, 0.05) is 23.9 Å². The van der Waals surface area contributed by atoms with E-state index >= 15 is 0 Å². The second kappa shape index (κ2) is 5.67. The Bertz CT molecular complexity index is 618. The van der Waals surface area contributed by atoms with Gasteiger partial charge in [0.25, 0.3) is 0 Å². The molecule has 4 nitrogen and oxygen atoms in total. The molecule has 0 aliphatic heterocycles. The average molecular weight is 274 g/mol. The van der Waals surface area contributed by atoms with Gasteiger partial charge in [-0.2, -0.15) is 11.3 Å². The predicted molar refractivity (Wildman–Crippen MR) is 78.6 cm³/mol. The van der Waals surface area contributed by atoms with Gasteiger partial charge in [-0.1, -0.05) is 18.2 Å². The molecule has 0 spiro atoms. The summed E-state index contributed by atoms with van der Waals surface area (Å²) in [6.45, 7) is 0. The number of ether oxygens (including phenoxy) is 1. The van der Waals surface area contributed by atoms with E-state index in [1.807, 2.05) is 29.0 Å². The van der Waals surface area contributed by atoms with E-state index in [-0.39, 0.29) is 5.71 Å². The normalized spacial score (nSPS) is 11.4. The minimum absolute atomic E-state index is 0.233. The fourth-order valence-electron chi connectivity index (χ4n) is 1.86. The number of nitrogens with two attached hydrogens (primary N) is 1. The number of nitrogens with zero attached hydrogens (tertiary/aromatic N) is 1. The number of aliphatic imine (C=N–C) groups is 1. The maximum atomic E-state index is 11.7. The average Bonchev–Trinajstić information content (AvgIpc) is 2.95. The number of carbonyl (C=O) groups excluding carboxylic acids is 1. The zero-order chi connectivity index (χ0) is 13.8. The molecule has 0 aliphatic rings. The highest BCUT2D eigenvalue weighted by Gasteiger charge is 2.18. The number of hydrogen-bond acceptors (Lipinski definition) is 5. The Labute approximate surface area is 115 Å². The number of carbonyl (C=O) groups is 1. The summed E-state index contributed by atoms with van der Waals surface area (Å²) in [7, 11) is 2.87. The highest BCUT2D eigenvalue weighted by Crippen LogP contribution is 2.30. The van der Waals surface area contributed by atoms with Crippen LogP contribution in [0.1, 0.15) is 5.56 Å². The van der Waals surface area contributed by atoms with Crippen LogP contribution >= 0.6 is 11.3 Å². The van der Waals surface area contributed by atoms with Crippen molar-refractivity contribution in [3.8, 4) is 11.1 Å². The molecule has 1 aromatic carbocycles. The smallest absolute Gasteiger partial charge is 0.356 e. The number of nitrogen functional groups attached to an aromatic ring is 1. The van der Waals surface area contributed by atoms with Gasteiger partial charge in [-0.15, -0.1) is 0 Å². The van der Waals surface area contributed by atoms with Crippen molar-refractivity contribution in [2.75, 3.05) is 19.9 Å². The molecule has 2 N–H and O–H groups in total. The molecule has 0 atom stereocenters. The zero-order valence-electron chi connectivity index (χ0n) is 10.7. The minimum atomic E-state index is -0.489. The van der Waals surface area contributed by atoms with Crippen LogP contribution in [0.2, 0.25) is 0 Å². The molecule has 5 heteroatoms. The molecule has 19 heavy (non-hydrogen) atoms. The number of thiophene rings is 1. The van der Waals surface area contributed by atoms with Gasteiger partial charge in [0.2, 0.25) is 0 Å². The van der Waals surface area contributed by atoms with Gasteiger partial charge in [0.15, 0.2) is 5.71 Å². The first-order valence-corrected chi connectivity index (χ1v) is 6.59. The van der Waals surface area contributed by atoms with Gasteiger partial charge in [-0.3, -0.25) is 4.99 Å². The van der Waals surface area contributed by atoms with Crippen LogP contribution in [-0.2, 0) is 9.53 Å². The Morgan fingerprint density at radius 3 is 2.74 bits per heavy atom. The Kier molecular flexibility index (Phi) is 3.97. The van der Waals surface area contributed by atoms with Gasteiger partial charge in [-0.25, -0.2) is 4.79 Å². The summed E-state index contributed by atoms with van der Waals surface area (Å²) in [5.41, 5.74) is 9.45. The van der Waals surface area contributed by atoms with Crippen LogP contribution < -0.4 is 5.73 Å². The van der Waals surface area contributed by atoms with Crippen LogP contribution in [0.3, 0.4) is 0 Å². The Hall–Kier alpha value is -2.14. The van der Waals surface area contributed by atoms with Crippen molar-refractivity contribution in [1.29, 1.82) is 0 Å². The summed E-state index contributed by atoms with van der Waals surface area (Å²) < 4.78 is 4.72. The third-order valence-electron chi connectivity index (χ3n) is 2.80. The van der Waals surface area contributed by atoms with Gasteiger partial charge in [0.1, 0.15) is 0 Å². The van der Waals surface area contributed by atoms with Gasteiger partial charge in [0.05, 0.1) is 7.11 Å². The number of hydrogen-bond donors (Lipinski definition) is 1. The van der Waals surface area contributed by atoms with Gasteiger partial charge < -0.3 is 10.5 Å². The Morgan fingerprint density at radius 2 is 2.16 bits per heavy atom. The van der Waals surface area contributed by atoms with Crippen molar-refractivity contribution in [3.63, 3.8) is 0 Å². The summed E-state index contributed by atoms with van der Waals surface area (Å²) >= 11 is 1.60. The van der Waals surface area contributed by atoms with Gasteiger partial charge in [-0.05, 0) is 22.4 Å². The van der Waals surface area contributed by atoms with Crippen molar-refractivity contribution in [1.82, 2.24) is 0 Å². The number of benzene rings is 1. The lowest BCUT2D eigenvalue weighted by Crippen LogP contribution is -2.18. The van der Waals surface area contributed by atoms with Crippen molar-refractivity contribution in [3.05, 3.63) is 40.6 Å². The van der Waals surface area contributed by atoms with E-state index in [9.17, 15) is 4.79 Å². The number of para-hydroxylation sites is 1. The fraction of sp³-hybridized carbons (Fsp3) is 0.143. The lowest BCUT2D eigenvalue weighted by atomic mass is 10.00. The topological polar surface area (TPSA) is 64.7 Å². The molecule has 0 fully saturated rings. The molecule has 1 heterocycles. The third-order valence-corrected chi connectivity index (χ3v) is 3.48. The molecule has 2 aromatic rings. The molecular formula is C14H14N2O2S. The highest BCUT2D eigenvalue weighted by molar-refractivity contribution is 7.08. The first kappa shape index (κ1) is 13.3. The molecule has 0 saturated heterocycles. The van der Waals surface area contributed by atoms with Crippen molar-refractivity contribution < 1.29 is 9.53 Å². The summed E-state index contributed by atoms with van der Waals surface area (Å²) in [6.07, 6.45) is 0. The van der Waals surface area contributed by atoms with E-state index < -0.39 is 5.97 Å². The molecule has 0 bridgehead atoms. The first-order valence-electron chi connectivity index (χ1n) is 5.65. The lowest BCUT2D eigenvalue weighted by molar-refractivity contribution is -0.132. The summed E-state index contributed by atoms with van der Waals surface area (Å²) in [4.78, 5) is 15.7. The fourth-order valence-corrected chi connectivity index (χ4v) is 2.52. The van der Waals surface area contributed by atoms with Crippen molar-refractivity contribution in [2.45, 2.75) is 0 Å². The Balaban J connectivity index is 2.55. The lowest BCUT2D eigenvalue weighted by Gasteiger charge is -2.11. The largest absolute Gasteiger partial charge is 0.464 e. The van der Waals surface area contributed by atoms with E-state index in [1.54, 1.807) is 24.5 Å². The zero-order valence-corrected chi connectivity index (χ0v) is 11.5. The van der Waals surface area contributed by atoms with E-state index in [0.29, 0.717) is 11.3 Å². The van der Waals surface area contributed by atoms with Crippen LogP contribution in [0.4, 0.5) is 5.69 Å². The molecule has 0 aliphatic carbocycles. The second-order valence-electron chi connectivity index (χ2n) is 3.84. The molecule has 98 valence electrons. The van der Waals surface area contributed by atoms with E-state index in [1.165, 1.54) is 7.11 Å². The third kappa shape index (κ3) is 2.51. The van der Waals surface area contributed by atoms with Crippen molar-refractivity contribution in [2.24, 2.45) is 4.99 Å². The predicted octanol–water partition coefficient (Wildman–Crippen LogP) is 2.59. The molecule has 0 amide bonds. The number of anilines is 1. The number of methoxy groups -OCH3 is 1. The molecule has 0 unspecified atom stereocenters. The monoisotopic (exact) mass is 274 g/mol. The quantitative estimate of drug-likeness (QED) is 0.531. The highest BCUT2D eigenvalue weighted by atomic mass is 32.1.